The molecule has 3 N–H and O–H groups in total. The third-order valence-electron chi connectivity index (χ3n) is 4.46. The lowest BCUT2D eigenvalue weighted by molar-refractivity contribution is -0.197. The Kier molecular flexibility index (Phi) is 3.99. The number of imidazole rings is 1. The van der Waals surface area contributed by atoms with E-state index >= 15 is 0 Å². The van der Waals surface area contributed by atoms with Crippen molar-refractivity contribution in [3.05, 3.63) is 12.2 Å². The van der Waals surface area contributed by atoms with Gasteiger partial charge in [-0.05, 0) is 20.8 Å². The van der Waals surface area contributed by atoms with Crippen molar-refractivity contribution in [2.75, 3.05) is 12.3 Å². The maximum Gasteiger partial charge on any atom is 0.252 e. The van der Waals surface area contributed by atoms with Crippen molar-refractivity contribution < 1.29 is 19.0 Å². The van der Waals surface area contributed by atoms with E-state index in [-0.39, 0.29) is 17.5 Å². The summed E-state index contributed by atoms with van der Waals surface area (Å²) in [7, 11) is 0. The molecule has 0 aromatic carbocycles. The Morgan fingerprint density at radius 3 is 2.85 bits per heavy atom. The Labute approximate surface area is 154 Å². The summed E-state index contributed by atoms with van der Waals surface area (Å²) in [6, 6.07) is 1.87. The van der Waals surface area contributed by atoms with Crippen LogP contribution in [-0.4, -0.2) is 56.1 Å². The number of amides is 1. The predicted octanol–water partition coefficient (Wildman–Crippen LogP) is -0.166. The summed E-state index contributed by atoms with van der Waals surface area (Å²) in [5.74, 6) is -1.15. The van der Waals surface area contributed by atoms with Crippen LogP contribution in [0.1, 0.15) is 32.8 Å². The molecule has 0 spiro atoms. The Morgan fingerprint density at radius 2 is 2.15 bits per heavy atom. The van der Waals surface area contributed by atoms with Crippen LogP contribution in [0.2, 0.25) is 0 Å². The Hall–Kier alpha value is -2.81. The quantitative estimate of drug-likeness (QED) is 0.747. The summed E-state index contributed by atoms with van der Waals surface area (Å²) < 4.78 is 19.5. The fourth-order valence-corrected chi connectivity index (χ4v) is 3.46. The predicted molar refractivity (Wildman–Crippen MR) is 90.9 cm³/mol. The molecule has 4 heterocycles. The van der Waals surface area contributed by atoms with Gasteiger partial charge in [-0.3, -0.25) is 9.36 Å². The lowest BCUT2D eigenvalue weighted by Crippen LogP contribution is -2.42. The standard InChI is InChI=1S/C16H19N7O4/c1-4-19-14(24)10-9-11(27-16(2,3)26-9)15(25-10)23-6-20-8-12(18)21-7(5-17)22-13(8)23/h6,9-11,15H,4H2,1-3H3,(H,19,24)(H2,18,21,22)/t9-,10+,11-,15-/m1/s1. The summed E-state index contributed by atoms with van der Waals surface area (Å²) in [4.78, 5) is 24.7. The minimum absolute atomic E-state index is 0.0829. The summed E-state index contributed by atoms with van der Waals surface area (Å²) in [5, 5.41) is 11.9. The van der Waals surface area contributed by atoms with Crippen LogP contribution in [-0.2, 0) is 19.0 Å². The number of nitriles is 1. The molecule has 2 aromatic heterocycles. The van der Waals surface area contributed by atoms with Crippen molar-refractivity contribution in [2.24, 2.45) is 0 Å². The molecule has 0 radical (unpaired) electrons. The van der Waals surface area contributed by atoms with Gasteiger partial charge in [0.2, 0.25) is 5.82 Å². The lowest BCUT2D eigenvalue weighted by Gasteiger charge is -2.24. The molecule has 2 aromatic rings. The van der Waals surface area contributed by atoms with Crippen molar-refractivity contribution in [1.82, 2.24) is 24.8 Å². The van der Waals surface area contributed by atoms with Gasteiger partial charge >= 0.3 is 0 Å². The second-order valence-electron chi connectivity index (χ2n) is 6.77. The SMILES string of the molecule is CCNC(=O)[C@H]1O[C@@H](n2cnc3c(N)nc(C#N)nc32)[C@@H]2OC(C)(C)O[C@@H]21. The molecule has 2 saturated heterocycles. The number of hydrogen-bond acceptors (Lipinski definition) is 9. The normalized spacial score (nSPS) is 28.8. The number of rotatable bonds is 3. The third kappa shape index (κ3) is 2.78. The van der Waals surface area contributed by atoms with Gasteiger partial charge in [-0.1, -0.05) is 0 Å². The van der Waals surface area contributed by atoms with E-state index in [4.69, 9.17) is 25.2 Å². The second kappa shape index (κ2) is 6.12. The molecule has 11 nitrogen and oxygen atoms in total. The molecule has 0 aliphatic carbocycles. The number of nitrogens with two attached hydrogens (primary N) is 1. The number of carbonyl (C=O) groups is 1. The van der Waals surface area contributed by atoms with E-state index in [0.29, 0.717) is 17.7 Å². The minimum atomic E-state index is -0.871. The van der Waals surface area contributed by atoms with Gasteiger partial charge in [-0.2, -0.15) is 15.2 Å². The van der Waals surface area contributed by atoms with Gasteiger partial charge in [0, 0.05) is 6.54 Å². The van der Waals surface area contributed by atoms with Crippen molar-refractivity contribution in [3.8, 4) is 6.07 Å². The molecule has 2 aliphatic rings. The highest BCUT2D eigenvalue weighted by molar-refractivity contribution is 5.83. The zero-order chi connectivity index (χ0) is 19.3. The zero-order valence-electron chi connectivity index (χ0n) is 15.0. The number of nitrogens with one attached hydrogen (secondary N) is 1. The topological polar surface area (TPSA) is 150 Å². The van der Waals surface area contributed by atoms with Gasteiger partial charge in [-0.25, -0.2) is 4.98 Å². The van der Waals surface area contributed by atoms with Crippen molar-refractivity contribution in [3.63, 3.8) is 0 Å². The fraction of sp³-hybridized carbons (Fsp3) is 0.562. The van der Waals surface area contributed by atoms with Crippen LogP contribution in [0, 0.1) is 11.3 Å². The molecule has 0 bridgehead atoms. The first kappa shape index (κ1) is 17.6. The number of ether oxygens (including phenoxy) is 3. The molecule has 1 amide bonds. The lowest BCUT2D eigenvalue weighted by atomic mass is 10.1. The average Bonchev–Trinajstić information content (AvgIpc) is 3.25. The molecular formula is C16H19N7O4. The average molecular weight is 373 g/mol. The van der Waals surface area contributed by atoms with Crippen LogP contribution in [0.4, 0.5) is 5.82 Å². The number of anilines is 1. The van der Waals surface area contributed by atoms with E-state index in [1.54, 1.807) is 18.4 Å². The van der Waals surface area contributed by atoms with Crippen LogP contribution in [0.3, 0.4) is 0 Å². The van der Waals surface area contributed by atoms with Crippen LogP contribution in [0.15, 0.2) is 6.33 Å². The number of carbonyl (C=O) groups excluding carboxylic acids is 1. The van der Waals surface area contributed by atoms with E-state index in [2.05, 4.69) is 20.3 Å². The molecule has 142 valence electrons. The van der Waals surface area contributed by atoms with Gasteiger partial charge in [0.25, 0.3) is 5.91 Å². The number of likely N-dealkylation sites (N-methyl/N-ethyl adjacent to an activating group) is 1. The molecule has 11 heteroatoms. The maximum absolute atomic E-state index is 12.4. The largest absolute Gasteiger partial charge is 0.382 e. The van der Waals surface area contributed by atoms with Crippen LogP contribution in [0.25, 0.3) is 11.2 Å². The number of fused-ring (bicyclic) bond motifs is 2. The van der Waals surface area contributed by atoms with Crippen molar-refractivity contribution in [2.45, 2.75) is 51.1 Å². The number of nitrogen functional groups attached to an aromatic ring is 1. The Bertz CT molecular complexity index is 950. The van der Waals surface area contributed by atoms with Crippen LogP contribution < -0.4 is 11.1 Å². The summed E-state index contributed by atoms with van der Waals surface area (Å²) >= 11 is 0. The fourth-order valence-electron chi connectivity index (χ4n) is 3.46. The molecular weight excluding hydrogens is 354 g/mol. The van der Waals surface area contributed by atoms with Gasteiger partial charge < -0.3 is 25.3 Å². The van der Waals surface area contributed by atoms with Crippen molar-refractivity contribution >= 4 is 22.9 Å². The van der Waals surface area contributed by atoms with Gasteiger partial charge in [0.1, 0.15) is 23.8 Å². The highest BCUT2D eigenvalue weighted by Crippen LogP contribution is 2.43. The van der Waals surface area contributed by atoms with E-state index in [0.717, 1.165) is 0 Å². The molecule has 4 rings (SSSR count). The molecule has 4 atom stereocenters. The van der Waals surface area contributed by atoms with Gasteiger partial charge in [-0.15, -0.1) is 0 Å². The number of aromatic nitrogens is 4. The first-order chi connectivity index (χ1) is 12.8. The van der Waals surface area contributed by atoms with Crippen LogP contribution >= 0.6 is 0 Å². The van der Waals surface area contributed by atoms with E-state index in [1.807, 2.05) is 13.0 Å². The number of hydrogen-bond donors (Lipinski definition) is 2. The second-order valence-corrected chi connectivity index (χ2v) is 6.77. The van der Waals surface area contributed by atoms with E-state index < -0.39 is 30.3 Å². The molecule has 27 heavy (non-hydrogen) atoms. The third-order valence-corrected chi connectivity index (χ3v) is 4.46. The maximum atomic E-state index is 12.4. The molecule has 0 unspecified atom stereocenters. The summed E-state index contributed by atoms with van der Waals surface area (Å²) in [6.45, 7) is 5.84. The summed E-state index contributed by atoms with van der Waals surface area (Å²) in [5.41, 5.74) is 6.54. The molecule has 2 aliphatic heterocycles. The van der Waals surface area contributed by atoms with Crippen molar-refractivity contribution in [1.29, 1.82) is 5.26 Å². The molecule has 2 fully saturated rings. The van der Waals surface area contributed by atoms with Gasteiger partial charge in [0.15, 0.2) is 29.6 Å². The van der Waals surface area contributed by atoms with Crippen LogP contribution in [0.5, 0.6) is 0 Å². The van der Waals surface area contributed by atoms with E-state index in [9.17, 15) is 4.79 Å². The summed E-state index contributed by atoms with van der Waals surface area (Å²) in [6.07, 6.45) is -1.26. The highest BCUT2D eigenvalue weighted by Gasteiger charge is 2.58. The Morgan fingerprint density at radius 1 is 1.41 bits per heavy atom. The molecule has 0 saturated carbocycles. The highest BCUT2D eigenvalue weighted by atomic mass is 16.8. The monoisotopic (exact) mass is 373 g/mol. The van der Waals surface area contributed by atoms with Gasteiger partial charge in [0.05, 0.1) is 6.33 Å². The zero-order valence-corrected chi connectivity index (χ0v) is 15.0. The minimum Gasteiger partial charge on any atom is -0.382 e. The first-order valence-corrected chi connectivity index (χ1v) is 8.53. The smallest absolute Gasteiger partial charge is 0.252 e. The number of nitrogens with zero attached hydrogens (tertiary/aromatic N) is 5. The van der Waals surface area contributed by atoms with E-state index in [1.165, 1.54) is 6.33 Å². The Balaban J connectivity index is 1.77. The first-order valence-electron chi connectivity index (χ1n) is 8.53.